The molecule has 2 N–H and O–H groups in total. The molecule has 18 heavy (non-hydrogen) atoms. The lowest BCUT2D eigenvalue weighted by Crippen LogP contribution is -2.39. The van der Waals surface area contributed by atoms with E-state index in [9.17, 15) is 4.79 Å². The summed E-state index contributed by atoms with van der Waals surface area (Å²) >= 11 is 0. The molecule has 1 amide bonds. The molecule has 0 bridgehead atoms. The first-order valence-electron chi connectivity index (χ1n) is 5.72. The first-order chi connectivity index (χ1) is 7.97. The van der Waals surface area contributed by atoms with E-state index >= 15 is 0 Å². The van der Waals surface area contributed by atoms with Gasteiger partial charge in [-0.15, -0.1) is 12.4 Å². The Morgan fingerprint density at radius 2 is 1.94 bits per heavy atom. The maximum atomic E-state index is 12.2. The molecule has 0 aliphatic carbocycles. The van der Waals surface area contributed by atoms with Gasteiger partial charge >= 0.3 is 0 Å². The van der Waals surface area contributed by atoms with Crippen LogP contribution < -0.4 is 10.6 Å². The average Bonchev–Trinajstić information content (AvgIpc) is 2.36. The first-order valence-corrected chi connectivity index (χ1v) is 5.72. The van der Waals surface area contributed by atoms with E-state index in [0.717, 1.165) is 5.69 Å². The van der Waals surface area contributed by atoms with E-state index in [1.54, 1.807) is 11.9 Å². The zero-order chi connectivity index (χ0) is 13.0. The Kier molecular flexibility index (Phi) is 6.73. The van der Waals surface area contributed by atoms with Crippen LogP contribution in [0.2, 0.25) is 0 Å². The standard InChI is InChI=1S/C13H21N3O.ClH/c1-10(9-14)16(4)13(17)11-6-5-7-12(8-11)15(2)3;/h5-8,10H,9,14H2,1-4H3;1H. The summed E-state index contributed by atoms with van der Waals surface area (Å²) in [5, 5.41) is 0. The number of hydrogen-bond acceptors (Lipinski definition) is 3. The van der Waals surface area contributed by atoms with Crippen molar-refractivity contribution >= 4 is 24.0 Å². The average molecular weight is 272 g/mol. The predicted molar refractivity (Wildman–Crippen MR) is 78.6 cm³/mol. The van der Waals surface area contributed by atoms with E-state index in [-0.39, 0.29) is 24.4 Å². The normalized spacial score (nSPS) is 11.4. The molecule has 0 aliphatic heterocycles. The van der Waals surface area contributed by atoms with Crippen LogP contribution in [-0.4, -0.2) is 44.5 Å². The van der Waals surface area contributed by atoms with Crippen molar-refractivity contribution < 1.29 is 4.79 Å². The van der Waals surface area contributed by atoms with Crippen LogP contribution in [0.25, 0.3) is 0 Å². The maximum absolute atomic E-state index is 12.2. The monoisotopic (exact) mass is 271 g/mol. The largest absolute Gasteiger partial charge is 0.378 e. The summed E-state index contributed by atoms with van der Waals surface area (Å²) in [5.41, 5.74) is 7.28. The van der Waals surface area contributed by atoms with Gasteiger partial charge in [-0.1, -0.05) is 6.07 Å². The molecule has 0 radical (unpaired) electrons. The molecule has 0 saturated carbocycles. The molecule has 1 aromatic carbocycles. The fourth-order valence-electron chi connectivity index (χ4n) is 1.48. The number of carbonyl (C=O) groups is 1. The van der Waals surface area contributed by atoms with Crippen LogP contribution in [0, 0.1) is 0 Å². The van der Waals surface area contributed by atoms with E-state index < -0.39 is 0 Å². The van der Waals surface area contributed by atoms with Crippen molar-refractivity contribution in [3.63, 3.8) is 0 Å². The fourth-order valence-corrected chi connectivity index (χ4v) is 1.48. The molecule has 102 valence electrons. The number of rotatable bonds is 4. The highest BCUT2D eigenvalue weighted by atomic mass is 35.5. The highest BCUT2D eigenvalue weighted by molar-refractivity contribution is 5.95. The Balaban J connectivity index is 0.00000289. The quantitative estimate of drug-likeness (QED) is 0.905. The minimum Gasteiger partial charge on any atom is -0.378 e. The van der Waals surface area contributed by atoms with Crippen LogP contribution in [0.1, 0.15) is 17.3 Å². The van der Waals surface area contributed by atoms with Crippen LogP contribution in [0.5, 0.6) is 0 Å². The van der Waals surface area contributed by atoms with Crippen molar-refractivity contribution in [1.29, 1.82) is 0 Å². The summed E-state index contributed by atoms with van der Waals surface area (Å²) in [5.74, 6) is 0.00616. The van der Waals surface area contributed by atoms with Gasteiger partial charge in [0.05, 0.1) is 0 Å². The maximum Gasteiger partial charge on any atom is 0.253 e. The van der Waals surface area contributed by atoms with Crippen molar-refractivity contribution in [2.45, 2.75) is 13.0 Å². The molecule has 1 atom stereocenters. The zero-order valence-corrected chi connectivity index (χ0v) is 12.2. The number of likely N-dealkylation sites (N-methyl/N-ethyl adjacent to an activating group) is 1. The summed E-state index contributed by atoms with van der Waals surface area (Å²) in [6.07, 6.45) is 0. The number of benzene rings is 1. The lowest BCUT2D eigenvalue weighted by Gasteiger charge is -2.24. The van der Waals surface area contributed by atoms with Crippen molar-refractivity contribution in [2.75, 3.05) is 32.6 Å². The van der Waals surface area contributed by atoms with Crippen molar-refractivity contribution in [3.8, 4) is 0 Å². The second-order valence-corrected chi connectivity index (χ2v) is 4.45. The second-order valence-electron chi connectivity index (χ2n) is 4.45. The molecule has 0 fully saturated rings. The number of nitrogens with two attached hydrogens (primary N) is 1. The topological polar surface area (TPSA) is 49.6 Å². The van der Waals surface area contributed by atoms with Gasteiger partial charge in [0.1, 0.15) is 0 Å². The van der Waals surface area contributed by atoms with Crippen molar-refractivity contribution in [2.24, 2.45) is 5.73 Å². The lowest BCUT2D eigenvalue weighted by atomic mass is 10.1. The summed E-state index contributed by atoms with van der Waals surface area (Å²) in [7, 11) is 5.69. The van der Waals surface area contributed by atoms with Crippen LogP contribution in [-0.2, 0) is 0 Å². The zero-order valence-electron chi connectivity index (χ0n) is 11.4. The number of hydrogen-bond donors (Lipinski definition) is 1. The van der Waals surface area contributed by atoms with Gasteiger partial charge in [0.15, 0.2) is 0 Å². The second kappa shape index (κ2) is 7.24. The van der Waals surface area contributed by atoms with Crippen molar-refractivity contribution in [3.05, 3.63) is 29.8 Å². The Hall–Kier alpha value is -1.26. The Morgan fingerprint density at radius 3 is 2.44 bits per heavy atom. The molecule has 1 unspecified atom stereocenters. The third-order valence-corrected chi connectivity index (χ3v) is 2.93. The summed E-state index contributed by atoms with van der Waals surface area (Å²) in [6, 6.07) is 7.63. The van der Waals surface area contributed by atoms with Crippen LogP contribution >= 0.6 is 12.4 Å². The minimum absolute atomic E-state index is 0. The number of carbonyl (C=O) groups excluding carboxylic acids is 1. The highest BCUT2D eigenvalue weighted by Crippen LogP contribution is 2.15. The van der Waals surface area contributed by atoms with Gasteiger partial charge in [0.25, 0.3) is 5.91 Å². The van der Waals surface area contributed by atoms with Crippen LogP contribution in [0.15, 0.2) is 24.3 Å². The molecule has 1 rings (SSSR count). The first kappa shape index (κ1) is 16.7. The van der Waals surface area contributed by atoms with E-state index in [2.05, 4.69) is 0 Å². The van der Waals surface area contributed by atoms with Gasteiger partial charge in [-0.2, -0.15) is 0 Å². The number of nitrogens with zero attached hydrogens (tertiary/aromatic N) is 2. The van der Waals surface area contributed by atoms with Crippen LogP contribution in [0.3, 0.4) is 0 Å². The highest BCUT2D eigenvalue weighted by Gasteiger charge is 2.16. The van der Waals surface area contributed by atoms with Gasteiger partial charge in [0.2, 0.25) is 0 Å². The SMILES string of the molecule is CC(CN)N(C)C(=O)c1cccc(N(C)C)c1.Cl. The molecular formula is C13H22ClN3O. The molecule has 0 aromatic heterocycles. The number of halogens is 1. The number of amides is 1. The van der Waals surface area contributed by atoms with Gasteiger partial charge in [-0.05, 0) is 25.1 Å². The molecule has 0 heterocycles. The summed E-state index contributed by atoms with van der Waals surface area (Å²) < 4.78 is 0. The third kappa shape index (κ3) is 3.89. The third-order valence-electron chi connectivity index (χ3n) is 2.93. The number of anilines is 1. The van der Waals surface area contributed by atoms with Crippen LogP contribution in [0.4, 0.5) is 5.69 Å². The molecule has 1 aromatic rings. The molecule has 4 nitrogen and oxygen atoms in total. The lowest BCUT2D eigenvalue weighted by molar-refractivity contribution is 0.0748. The Bertz CT molecular complexity index is 396. The molecule has 0 aliphatic rings. The molecule has 0 spiro atoms. The smallest absolute Gasteiger partial charge is 0.253 e. The van der Waals surface area contributed by atoms with E-state index in [1.807, 2.05) is 50.2 Å². The van der Waals surface area contributed by atoms with E-state index in [0.29, 0.717) is 12.1 Å². The molecular weight excluding hydrogens is 250 g/mol. The Morgan fingerprint density at radius 1 is 1.33 bits per heavy atom. The van der Waals surface area contributed by atoms with Gasteiger partial charge in [-0.25, -0.2) is 0 Å². The van der Waals surface area contributed by atoms with E-state index in [4.69, 9.17) is 5.73 Å². The van der Waals surface area contributed by atoms with Gasteiger partial charge in [0, 0.05) is 45.0 Å². The van der Waals surface area contributed by atoms with Gasteiger partial charge < -0.3 is 15.5 Å². The molecule has 5 heteroatoms. The fraction of sp³-hybridized carbons (Fsp3) is 0.462. The summed E-state index contributed by atoms with van der Waals surface area (Å²) in [6.45, 7) is 2.41. The summed E-state index contributed by atoms with van der Waals surface area (Å²) in [4.78, 5) is 15.8. The molecule has 0 saturated heterocycles. The Labute approximate surface area is 115 Å². The van der Waals surface area contributed by atoms with E-state index in [1.165, 1.54) is 0 Å². The predicted octanol–water partition coefficient (Wildman–Crippen LogP) is 1.59. The minimum atomic E-state index is 0. The van der Waals surface area contributed by atoms with Gasteiger partial charge in [-0.3, -0.25) is 4.79 Å². The van der Waals surface area contributed by atoms with Crippen molar-refractivity contribution in [1.82, 2.24) is 4.90 Å².